The first-order valence-electron chi connectivity index (χ1n) is 8.02. The van der Waals surface area contributed by atoms with Crippen molar-refractivity contribution in [1.82, 2.24) is 5.32 Å². The average molecular weight is 255 g/mol. The zero-order chi connectivity index (χ0) is 13.2. The first kappa shape index (κ1) is 16.0. The van der Waals surface area contributed by atoms with Crippen LogP contribution in [0, 0.1) is 17.8 Å². The fourth-order valence-corrected chi connectivity index (χ4v) is 2.79. The highest BCUT2D eigenvalue weighted by atomic mass is 16.5. The molecule has 0 aliphatic carbocycles. The van der Waals surface area contributed by atoms with Crippen molar-refractivity contribution < 1.29 is 4.74 Å². The summed E-state index contributed by atoms with van der Waals surface area (Å²) in [5, 5.41) is 3.46. The molecule has 0 aromatic rings. The van der Waals surface area contributed by atoms with Crippen LogP contribution in [-0.4, -0.2) is 26.3 Å². The summed E-state index contributed by atoms with van der Waals surface area (Å²) in [7, 11) is 0. The van der Waals surface area contributed by atoms with Crippen molar-refractivity contribution in [3.63, 3.8) is 0 Å². The van der Waals surface area contributed by atoms with Crippen LogP contribution in [0.15, 0.2) is 0 Å². The Bertz CT molecular complexity index is 190. The molecule has 2 atom stereocenters. The fourth-order valence-electron chi connectivity index (χ4n) is 2.79. The van der Waals surface area contributed by atoms with Crippen LogP contribution >= 0.6 is 0 Å². The van der Waals surface area contributed by atoms with E-state index in [1.807, 2.05) is 0 Å². The molecule has 0 aromatic heterocycles. The van der Waals surface area contributed by atoms with Gasteiger partial charge in [-0.25, -0.2) is 0 Å². The Morgan fingerprint density at radius 1 is 1.11 bits per heavy atom. The smallest absolute Gasteiger partial charge is 0.0468 e. The van der Waals surface area contributed by atoms with Gasteiger partial charge in [-0.2, -0.15) is 0 Å². The lowest BCUT2D eigenvalue weighted by Crippen LogP contribution is -2.24. The molecule has 108 valence electrons. The van der Waals surface area contributed by atoms with Crippen LogP contribution in [0.1, 0.15) is 59.3 Å². The molecule has 1 rings (SSSR count). The van der Waals surface area contributed by atoms with E-state index in [2.05, 4.69) is 26.1 Å². The van der Waals surface area contributed by atoms with Crippen molar-refractivity contribution in [2.75, 3.05) is 26.3 Å². The van der Waals surface area contributed by atoms with E-state index in [1.165, 1.54) is 45.1 Å². The zero-order valence-electron chi connectivity index (χ0n) is 12.7. The minimum Gasteiger partial charge on any atom is -0.381 e. The molecule has 0 saturated carbocycles. The minimum atomic E-state index is 0.813. The standard InChI is InChI=1S/C16H33NO/c1-4-17-13-15(3)14(2)7-5-6-8-16-9-11-18-12-10-16/h14-17H,4-13H2,1-3H3. The topological polar surface area (TPSA) is 21.3 Å². The van der Waals surface area contributed by atoms with Gasteiger partial charge in [-0.15, -0.1) is 0 Å². The molecule has 0 radical (unpaired) electrons. The molecular weight excluding hydrogens is 222 g/mol. The van der Waals surface area contributed by atoms with Crippen molar-refractivity contribution in [2.45, 2.75) is 59.3 Å². The maximum Gasteiger partial charge on any atom is 0.0468 e. The van der Waals surface area contributed by atoms with Crippen molar-refractivity contribution >= 4 is 0 Å². The Hall–Kier alpha value is -0.0800. The Balaban J connectivity index is 1.98. The maximum atomic E-state index is 5.41. The van der Waals surface area contributed by atoms with E-state index < -0.39 is 0 Å². The SMILES string of the molecule is CCNCC(C)C(C)CCCCC1CCOCC1. The van der Waals surface area contributed by atoms with Gasteiger partial charge in [-0.1, -0.05) is 46.5 Å². The first-order valence-corrected chi connectivity index (χ1v) is 8.02. The lowest BCUT2D eigenvalue weighted by molar-refractivity contribution is 0.0629. The van der Waals surface area contributed by atoms with E-state index >= 15 is 0 Å². The number of ether oxygens (including phenoxy) is 1. The largest absolute Gasteiger partial charge is 0.381 e. The predicted molar refractivity (Wildman–Crippen MR) is 78.9 cm³/mol. The van der Waals surface area contributed by atoms with Gasteiger partial charge in [0, 0.05) is 13.2 Å². The number of rotatable bonds is 9. The van der Waals surface area contributed by atoms with Gasteiger partial charge < -0.3 is 10.1 Å². The molecule has 2 nitrogen and oxygen atoms in total. The summed E-state index contributed by atoms with van der Waals surface area (Å²) >= 11 is 0. The summed E-state index contributed by atoms with van der Waals surface area (Å²) in [4.78, 5) is 0. The van der Waals surface area contributed by atoms with Crippen molar-refractivity contribution in [3.8, 4) is 0 Å². The summed E-state index contributed by atoms with van der Waals surface area (Å²) in [5.41, 5.74) is 0. The van der Waals surface area contributed by atoms with E-state index in [1.54, 1.807) is 0 Å². The number of nitrogens with one attached hydrogen (secondary N) is 1. The molecule has 0 spiro atoms. The molecule has 1 saturated heterocycles. The monoisotopic (exact) mass is 255 g/mol. The Morgan fingerprint density at radius 2 is 1.83 bits per heavy atom. The van der Waals surface area contributed by atoms with E-state index in [0.29, 0.717) is 0 Å². The normalized spacial score (nSPS) is 20.8. The fraction of sp³-hybridized carbons (Fsp3) is 1.00. The Labute approximate surface area is 114 Å². The second-order valence-electron chi connectivity index (χ2n) is 6.10. The molecule has 1 aliphatic rings. The van der Waals surface area contributed by atoms with Gasteiger partial charge in [0.25, 0.3) is 0 Å². The highest BCUT2D eigenvalue weighted by Gasteiger charge is 2.14. The van der Waals surface area contributed by atoms with Crippen molar-refractivity contribution in [1.29, 1.82) is 0 Å². The molecule has 0 bridgehead atoms. The second kappa shape index (κ2) is 9.80. The van der Waals surface area contributed by atoms with Crippen LogP contribution in [0.25, 0.3) is 0 Å². The van der Waals surface area contributed by atoms with E-state index in [4.69, 9.17) is 4.74 Å². The molecule has 1 N–H and O–H groups in total. The van der Waals surface area contributed by atoms with Gasteiger partial charge in [0.1, 0.15) is 0 Å². The first-order chi connectivity index (χ1) is 8.74. The third kappa shape index (κ3) is 6.75. The summed E-state index contributed by atoms with van der Waals surface area (Å²) in [5.74, 6) is 2.63. The molecule has 2 unspecified atom stereocenters. The molecule has 1 aliphatic heterocycles. The van der Waals surface area contributed by atoms with Crippen molar-refractivity contribution in [2.24, 2.45) is 17.8 Å². The molecule has 0 amide bonds. The lowest BCUT2D eigenvalue weighted by atomic mass is 9.88. The summed E-state index contributed by atoms with van der Waals surface area (Å²) < 4.78 is 5.41. The molecular formula is C16H33NO. The molecule has 2 heteroatoms. The molecule has 0 aromatic carbocycles. The number of hydrogen-bond acceptors (Lipinski definition) is 2. The van der Waals surface area contributed by atoms with Gasteiger partial charge in [-0.3, -0.25) is 0 Å². The van der Waals surface area contributed by atoms with Crippen LogP contribution in [0.4, 0.5) is 0 Å². The minimum absolute atomic E-state index is 0.813. The number of unbranched alkanes of at least 4 members (excludes halogenated alkanes) is 1. The third-order valence-corrected chi connectivity index (χ3v) is 4.55. The van der Waals surface area contributed by atoms with Crippen LogP contribution in [0.5, 0.6) is 0 Å². The number of hydrogen-bond donors (Lipinski definition) is 1. The molecule has 18 heavy (non-hydrogen) atoms. The van der Waals surface area contributed by atoms with E-state index in [9.17, 15) is 0 Å². The molecule has 1 heterocycles. The van der Waals surface area contributed by atoms with Gasteiger partial charge >= 0.3 is 0 Å². The van der Waals surface area contributed by atoms with Crippen molar-refractivity contribution in [3.05, 3.63) is 0 Å². The summed E-state index contributed by atoms with van der Waals surface area (Å²) in [6, 6.07) is 0. The van der Waals surface area contributed by atoms with Gasteiger partial charge in [-0.05, 0) is 43.7 Å². The summed E-state index contributed by atoms with van der Waals surface area (Å²) in [6.07, 6.45) is 8.25. The van der Waals surface area contributed by atoms with Crippen LogP contribution in [0.2, 0.25) is 0 Å². The molecule has 1 fully saturated rings. The van der Waals surface area contributed by atoms with Gasteiger partial charge in [0.05, 0.1) is 0 Å². The third-order valence-electron chi connectivity index (χ3n) is 4.55. The second-order valence-corrected chi connectivity index (χ2v) is 6.10. The Kier molecular flexibility index (Phi) is 8.70. The van der Waals surface area contributed by atoms with Gasteiger partial charge in [0.15, 0.2) is 0 Å². The van der Waals surface area contributed by atoms with E-state index in [0.717, 1.165) is 37.5 Å². The van der Waals surface area contributed by atoms with Crippen LogP contribution in [0.3, 0.4) is 0 Å². The maximum absolute atomic E-state index is 5.41. The van der Waals surface area contributed by atoms with E-state index in [-0.39, 0.29) is 0 Å². The Morgan fingerprint density at radius 3 is 2.50 bits per heavy atom. The van der Waals surface area contributed by atoms with Gasteiger partial charge in [0.2, 0.25) is 0 Å². The average Bonchev–Trinajstić information content (AvgIpc) is 2.41. The zero-order valence-corrected chi connectivity index (χ0v) is 12.7. The predicted octanol–water partition coefficient (Wildman–Crippen LogP) is 3.86. The summed E-state index contributed by atoms with van der Waals surface area (Å²) in [6.45, 7) is 11.3. The van der Waals surface area contributed by atoms with Crippen LogP contribution < -0.4 is 5.32 Å². The lowest BCUT2D eigenvalue weighted by Gasteiger charge is -2.23. The highest BCUT2D eigenvalue weighted by molar-refractivity contribution is 4.67. The van der Waals surface area contributed by atoms with Crippen LogP contribution in [-0.2, 0) is 4.74 Å². The quantitative estimate of drug-likeness (QED) is 0.632. The highest BCUT2D eigenvalue weighted by Crippen LogP contribution is 2.23.